The molecule has 1 saturated heterocycles. The standard InChI is InChI=1S/C20H24ClN3O2/c1-15-4-3-5-17(12-15)26-14-20(25)22-16-6-7-19(18(21)13-16)24-10-8-23(2)9-11-24/h3-7,12-13H,8-11,14H2,1-2H3,(H,22,25)/p+1. The van der Waals surface area contributed by atoms with E-state index in [9.17, 15) is 4.79 Å². The molecular weight excluding hydrogens is 350 g/mol. The molecule has 1 amide bonds. The van der Waals surface area contributed by atoms with Crippen LogP contribution in [0.1, 0.15) is 5.56 Å². The molecule has 1 fully saturated rings. The Labute approximate surface area is 159 Å². The van der Waals surface area contributed by atoms with Gasteiger partial charge in [-0.15, -0.1) is 0 Å². The highest BCUT2D eigenvalue weighted by atomic mass is 35.5. The summed E-state index contributed by atoms with van der Waals surface area (Å²) in [5.74, 6) is 0.476. The van der Waals surface area contributed by atoms with Crippen molar-refractivity contribution in [3.05, 3.63) is 53.1 Å². The number of halogens is 1. The van der Waals surface area contributed by atoms with Crippen molar-refractivity contribution in [2.75, 3.05) is 50.1 Å². The molecule has 0 aliphatic carbocycles. The van der Waals surface area contributed by atoms with Crippen LogP contribution in [0.15, 0.2) is 42.5 Å². The summed E-state index contributed by atoms with van der Waals surface area (Å²) in [5.41, 5.74) is 2.79. The molecular formula is C20H25ClN3O2+. The first kappa shape index (κ1) is 18.5. The van der Waals surface area contributed by atoms with Crippen LogP contribution in [0, 0.1) is 6.92 Å². The van der Waals surface area contributed by atoms with Crippen LogP contribution < -0.4 is 19.9 Å². The first-order chi connectivity index (χ1) is 12.5. The van der Waals surface area contributed by atoms with Gasteiger partial charge in [-0.2, -0.15) is 0 Å². The Morgan fingerprint density at radius 2 is 2.00 bits per heavy atom. The maximum atomic E-state index is 12.1. The minimum absolute atomic E-state index is 0.0376. The number of nitrogens with one attached hydrogen (secondary N) is 2. The van der Waals surface area contributed by atoms with Gasteiger partial charge in [0.25, 0.3) is 5.91 Å². The molecule has 0 bridgehead atoms. The second-order valence-corrected chi connectivity index (χ2v) is 7.17. The second kappa shape index (κ2) is 8.43. The number of rotatable bonds is 5. The van der Waals surface area contributed by atoms with Gasteiger partial charge in [-0.05, 0) is 42.8 Å². The van der Waals surface area contributed by atoms with Crippen LogP contribution in [0.3, 0.4) is 0 Å². The number of piperazine rings is 1. The quantitative estimate of drug-likeness (QED) is 0.841. The fourth-order valence-corrected chi connectivity index (χ4v) is 3.32. The number of benzene rings is 2. The highest BCUT2D eigenvalue weighted by molar-refractivity contribution is 6.33. The summed E-state index contributed by atoms with van der Waals surface area (Å²) >= 11 is 6.44. The summed E-state index contributed by atoms with van der Waals surface area (Å²) in [7, 11) is 2.20. The summed E-state index contributed by atoms with van der Waals surface area (Å²) in [5, 5.41) is 3.49. The molecule has 6 heteroatoms. The summed E-state index contributed by atoms with van der Waals surface area (Å²) in [6.45, 7) is 6.13. The molecule has 2 aromatic rings. The Kier molecular flexibility index (Phi) is 6.01. The zero-order valence-electron chi connectivity index (χ0n) is 15.2. The Bertz CT molecular complexity index is 773. The molecule has 1 aliphatic rings. The molecule has 5 nitrogen and oxygen atoms in total. The molecule has 0 saturated carbocycles. The van der Waals surface area contributed by atoms with Crippen LogP contribution in [0.25, 0.3) is 0 Å². The van der Waals surface area contributed by atoms with E-state index in [-0.39, 0.29) is 12.5 Å². The molecule has 0 aromatic heterocycles. The van der Waals surface area contributed by atoms with Gasteiger partial charge < -0.3 is 19.9 Å². The maximum Gasteiger partial charge on any atom is 0.262 e. The molecule has 3 rings (SSSR count). The third-order valence-corrected chi connectivity index (χ3v) is 4.85. The number of hydrogen-bond acceptors (Lipinski definition) is 3. The second-order valence-electron chi connectivity index (χ2n) is 6.76. The van der Waals surface area contributed by atoms with E-state index in [1.807, 2.05) is 43.3 Å². The lowest BCUT2D eigenvalue weighted by Gasteiger charge is -2.32. The molecule has 2 aromatic carbocycles. The van der Waals surface area contributed by atoms with E-state index >= 15 is 0 Å². The van der Waals surface area contributed by atoms with Gasteiger partial charge in [0.2, 0.25) is 0 Å². The number of anilines is 2. The number of amides is 1. The number of nitrogens with zero attached hydrogens (tertiary/aromatic N) is 1. The summed E-state index contributed by atoms with van der Waals surface area (Å²) < 4.78 is 5.52. The number of ether oxygens (including phenoxy) is 1. The van der Waals surface area contributed by atoms with Gasteiger partial charge in [0.15, 0.2) is 6.61 Å². The van der Waals surface area contributed by atoms with Gasteiger partial charge in [0.05, 0.1) is 43.9 Å². The van der Waals surface area contributed by atoms with Crippen molar-refractivity contribution in [1.82, 2.24) is 0 Å². The molecule has 0 unspecified atom stereocenters. The lowest BCUT2D eigenvalue weighted by atomic mass is 10.2. The Morgan fingerprint density at radius 3 is 2.69 bits per heavy atom. The predicted molar refractivity (Wildman–Crippen MR) is 106 cm³/mol. The van der Waals surface area contributed by atoms with Crippen LogP contribution in [-0.2, 0) is 4.79 Å². The summed E-state index contributed by atoms with van der Waals surface area (Å²) in [6.07, 6.45) is 0. The molecule has 138 valence electrons. The number of aryl methyl sites for hydroxylation is 1. The van der Waals surface area contributed by atoms with Crippen molar-refractivity contribution in [3.8, 4) is 5.75 Å². The van der Waals surface area contributed by atoms with Gasteiger partial charge in [-0.1, -0.05) is 23.7 Å². The fourth-order valence-electron chi connectivity index (χ4n) is 3.02. The highest BCUT2D eigenvalue weighted by Crippen LogP contribution is 2.29. The Morgan fingerprint density at radius 1 is 1.23 bits per heavy atom. The van der Waals surface area contributed by atoms with Crippen LogP contribution in [0.5, 0.6) is 5.75 Å². The third kappa shape index (κ3) is 4.90. The van der Waals surface area contributed by atoms with Crippen molar-refractivity contribution in [2.24, 2.45) is 0 Å². The van der Waals surface area contributed by atoms with Crippen molar-refractivity contribution in [1.29, 1.82) is 0 Å². The Hall–Kier alpha value is -2.24. The first-order valence-electron chi connectivity index (χ1n) is 8.86. The van der Waals surface area contributed by atoms with E-state index in [0.29, 0.717) is 16.5 Å². The molecule has 1 heterocycles. The van der Waals surface area contributed by atoms with Crippen LogP contribution in [0.2, 0.25) is 5.02 Å². The normalized spacial score (nSPS) is 15.0. The molecule has 0 radical (unpaired) electrons. The molecule has 0 atom stereocenters. The van der Waals surface area contributed by atoms with Crippen LogP contribution >= 0.6 is 11.6 Å². The largest absolute Gasteiger partial charge is 0.484 e. The van der Waals surface area contributed by atoms with E-state index in [1.54, 1.807) is 6.07 Å². The smallest absolute Gasteiger partial charge is 0.262 e. The monoisotopic (exact) mass is 374 g/mol. The number of likely N-dealkylation sites (N-methyl/N-ethyl adjacent to an activating group) is 1. The molecule has 26 heavy (non-hydrogen) atoms. The number of hydrogen-bond donors (Lipinski definition) is 2. The van der Waals surface area contributed by atoms with E-state index < -0.39 is 0 Å². The van der Waals surface area contributed by atoms with Gasteiger partial charge in [-0.25, -0.2) is 0 Å². The number of carbonyl (C=O) groups is 1. The molecule has 0 spiro atoms. The highest BCUT2D eigenvalue weighted by Gasteiger charge is 2.19. The zero-order chi connectivity index (χ0) is 18.5. The van der Waals surface area contributed by atoms with Gasteiger partial charge in [-0.3, -0.25) is 4.79 Å². The topological polar surface area (TPSA) is 46.0 Å². The van der Waals surface area contributed by atoms with Crippen LogP contribution in [-0.4, -0.2) is 45.7 Å². The van der Waals surface area contributed by atoms with Gasteiger partial charge in [0.1, 0.15) is 5.75 Å². The minimum atomic E-state index is -0.210. The Balaban J connectivity index is 1.56. The van der Waals surface area contributed by atoms with E-state index in [1.165, 1.54) is 4.90 Å². The minimum Gasteiger partial charge on any atom is -0.484 e. The molecule has 1 aliphatic heterocycles. The molecule has 2 N–H and O–H groups in total. The van der Waals surface area contributed by atoms with E-state index in [2.05, 4.69) is 17.3 Å². The number of carbonyl (C=O) groups excluding carboxylic acids is 1. The van der Waals surface area contributed by atoms with Gasteiger partial charge >= 0.3 is 0 Å². The lowest BCUT2D eigenvalue weighted by Crippen LogP contribution is -3.12. The lowest BCUT2D eigenvalue weighted by molar-refractivity contribution is -0.880. The summed E-state index contributed by atoms with van der Waals surface area (Å²) in [6, 6.07) is 13.3. The van der Waals surface area contributed by atoms with E-state index in [0.717, 1.165) is 37.4 Å². The van der Waals surface area contributed by atoms with Crippen molar-refractivity contribution in [2.45, 2.75) is 6.92 Å². The van der Waals surface area contributed by atoms with Gasteiger partial charge in [0, 0.05) is 5.69 Å². The average Bonchev–Trinajstić information content (AvgIpc) is 2.61. The number of quaternary nitrogens is 1. The zero-order valence-corrected chi connectivity index (χ0v) is 16.0. The fraction of sp³-hybridized carbons (Fsp3) is 0.350. The summed E-state index contributed by atoms with van der Waals surface area (Å²) in [4.78, 5) is 15.9. The third-order valence-electron chi connectivity index (χ3n) is 4.55. The van der Waals surface area contributed by atoms with Crippen molar-refractivity contribution < 1.29 is 14.4 Å². The van der Waals surface area contributed by atoms with E-state index in [4.69, 9.17) is 16.3 Å². The average molecular weight is 375 g/mol. The first-order valence-corrected chi connectivity index (χ1v) is 9.24. The maximum absolute atomic E-state index is 12.1. The van der Waals surface area contributed by atoms with Crippen molar-refractivity contribution >= 4 is 28.9 Å². The van der Waals surface area contributed by atoms with Crippen LogP contribution in [0.4, 0.5) is 11.4 Å². The SMILES string of the molecule is Cc1cccc(OCC(=O)Nc2ccc(N3CC[NH+](C)CC3)c(Cl)c2)c1. The van der Waals surface area contributed by atoms with Crippen molar-refractivity contribution in [3.63, 3.8) is 0 Å². The predicted octanol–water partition coefficient (Wildman–Crippen LogP) is 2.00.